The third-order valence-corrected chi connectivity index (χ3v) is 2.99. The van der Waals surface area contributed by atoms with Crippen molar-refractivity contribution in [2.45, 2.75) is 53.4 Å². The lowest BCUT2D eigenvalue weighted by molar-refractivity contribution is 0.542. The monoisotopic (exact) mass is 220 g/mol. The molecular formula is C16H28. The van der Waals surface area contributed by atoms with Gasteiger partial charge in [-0.2, -0.15) is 0 Å². The molecule has 0 aliphatic heterocycles. The van der Waals surface area contributed by atoms with Crippen LogP contribution in [0.25, 0.3) is 0 Å². The molecule has 0 fully saturated rings. The van der Waals surface area contributed by atoms with Crippen molar-refractivity contribution in [2.75, 3.05) is 0 Å². The third kappa shape index (κ3) is 6.66. The maximum Gasteiger partial charge on any atom is 0.000182 e. The summed E-state index contributed by atoms with van der Waals surface area (Å²) in [4.78, 5) is 0. The lowest BCUT2D eigenvalue weighted by Crippen LogP contribution is -2.06. The first-order chi connectivity index (χ1) is 7.34. The Morgan fingerprint density at radius 1 is 0.938 bits per heavy atom. The quantitative estimate of drug-likeness (QED) is 0.472. The smallest absolute Gasteiger partial charge is 0.000182 e. The molecule has 0 spiro atoms. The van der Waals surface area contributed by atoms with Crippen molar-refractivity contribution in [1.29, 1.82) is 0 Å². The van der Waals surface area contributed by atoms with Crippen molar-refractivity contribution < 1.29 is 0 Å². The Hall–Kier alpha value is -0.780. The van der Waals surface area contributed by atoms with Crippen LogP contribution in [0.2, 0.25) is 0 Å². The second kappa shape index (κ2) is 7.49. The van der Waals surface area contributed by atoms with Gasteiger partial charge in [-0.25, -0.2) is 0 Å². The minimum atomic E-state index is 0.482. The lowest BCUT2D eigenvalue weighted by atomic mass is 9.85. The van der Waals surface area contributed by atoms with Crippen LogP contribution in [0.3, 0.4) is 0 Å². The van der Waals surface area contributed by atoms with E-state index in [0.717, 1.165) is 25.2 Å². The molecule has 0 aromatic carbocycles. The standard InChI is InChI=1S/C16H28/c1-12(2)8-10-15(7)16(14(5)6)11-9-13(3)4/h12,16H,3,5,7-11H2,1-2,4,6H3. The minimum absolute atomic E-state index is 0.482. The summed E-state index contributed by atoms with van der Waals surface area (Å²) in [6.45, 7) is 21.0. The molecule has 1 atom stereocenters. The Balaban J connectivity index is 4.24. The van der Waals surface area contributed by atoms with Gasteiger partial charge in [0, 0.05) is 5.92 Å². The van der Waals surface area contributed by atoms with Gasteiger partial charge in [-0.05, 0) is 45.4 Å². The molecule has 92 valence electrons. The molecule has 0 rings (SSSR count). The van der Waals surface area contributed by atoms with Gasteiger partial charge >= 0.3 is 0 Å². The first kappa shape index (κ1) is 15.2. The summed E-state index contributed by atoms with van der Waals surface area (Å²) in [5, 5.41) is 0. The average Bonchev–Trinajstić information content (AvgIpc) is 2.13. The van der Waals surface area contributed by atoms with Crippen LogP contribution in [0.15, 0.2) is 36.5 Å². The van der Waals surface area contributed by atoms with E-state index in [1.54, 1.807) is 0 Å². The molecule has 0 aliphatic carbocycles. The van der Waals surface area contributed by atoms with E-state index < -0.39 is 0 Å². The van der Waals surface area contributed by atoms with Crippen LogP contribution in [0.5, 0.6) is 0 Å². The maximum atomic E-state index is 4.24. The number of hydrogen-bond acceptors (Lipinski definition) is 0. The van der Waals surface area contributed by atoms with E-state index in [1.165, 1.54) is 23.1 Å². The second-order valence-corrected chi connectivity index (χ2v) is 5.49. The summed E-state index contributed by atoms with van der Waals surface area (Å²) in [6, 6.07) is 0. The largest absolute Gasteiger partial charge is 0.100 e. The van der Waals surface area contributed by atoms with Gasteiger partial charge < -0.3 is 0 Å². The Kier molecular flexibility index (Phi) is 7.12. The van der Waals surface area contributed by atoms with Crippen LogP contribution >= 0.6 is 0 Å². The molecule has 0 radical (unpaired) electrons. The second-order valence-electron chi connectivity index (χ2n) is 5.49. The highest BCUT2D eigenvalue weighted by Crippen LogP contribution is 2.28. The molecule has 0 aromatic heterocycles. The SMILES string of the molecule is C=C(C)CCC(C(=C)C)C(=C)CCC(C)C. The Bertz CT molecular complexity index is 255. The highest BCUT2D eigenvalue weighted by Gasteiger charge is 2.13. The molecule has 0 nitrogen and oxygen atoms in total. The van der Waals surface area contributed by atoms with Crippen molar-refractivity contribution in [1.82, 2.24) is 0 Å². The normalized spacial score (nSPS) is 12.6. The zero-order chi connectivity index (χ0) is 12.7. The first-order valence-electron chi connectivity index (χ1n) is 6.32. The zero-order valence-electron chi connectivity index (χ0n) is 11.6. The van der Waals surface area contributed by atoms with Crippen LogP contribution in [0.1, 0.15) is 53.4 Å². The predicted octanol–water partition coefficient (Wildman–Crippen LogP) is 5.53. The van der Waals surface area contributed by atoms with Crippen molar-refractivity contribution >= 4 is 0 Å². The molecule has 0 saturated heterocycles. The van der Waals surface area contributed by atoms with Gasteiger partial charge in [0.2, 0.25) is 0 Å². The van der Waals surface area contributed by atoms with Crippen molar-refractivity contribution in [3.05, 3.63) is 36.5 Å². The molecule has 0 aromatic rings. The van der Waals surface area contributed by atoms with E-state index in [2.05, 4.69) is 47.4 Å². The van der Waals surface area contributed by atoms with Gasteiger partial charge in [0.05, 0.1) is 0 Å². The van der Waals surface area contributed by atoms with E-state index >= 15 is 0 Å². The highest BCUT2D eigenvalue weighted by molar-refractivity contribution is 5.15. The highest BCUT2D eigenvalue weighted by atomic mass is 14.2. The molecule has 0 amide bonds. The van der Waals surface area contributed by atoms with Crippen LogP contribution in [-0.2, 0) is 0 Å². The van der Waals surface area contributed by atoms with Gasteiger partial charge in [0.15, 0.2) is 0 Å². The molecule has 0 saturated carbocycles. The summed E-state index contributed by atoms with van der Waals surface area (Å²) in [7, 11) is 0. The van der Waals surface area contributed by atoms with Crippen LogP contribution in [0, 0.1) is 11.8 Å². The van der Waals surface area contributed by atoms with E-state index in [9.17, 15) is 0 Å². The fourth-order valence-electron chi connectivity index (χ4n) is 1.84. The van der Waals surface area contributed by atoms with Crippen LogP contribution in [-0.4, -0.2) is 0 Å². The third-order valence-electron chi connectivity index (χ3n) is 2.99. The maximum absolute atomic E-state index is 4.24. The van der Waals surface area contributed by atoms with Gasteiger partial charge in [-0.1, -0.05) is 43.7 Å². The van der Waals surface area contributed by atoms with Crippen molar-refractivity contribution in [3.8, 4) is 0 Å². The van der Waals surface area contributed by atoms with E-state index in [-0.39, 0.29) is 0 Å². The van der Waals surface area contributed by atoms with Gasteiger partial charge in [0.25, 0.3) is 0 Å². The number of hydrogen-bond donors (Lipinski definition) is 0. The Morgan fingerprint density at radius 3 is 1.88 bits per heavy atom. The fourth-order valence-corrected chi connectivity index (χ4v) is 1.84. The molecule has 0 aliphatic rings. The summed E-state index contributed by atoms with van der Waals surface area (Å²) < 4.78 is 0. The summed E-state index contributed by atoms with van der Waals surface area (Å²) in [5.74, 6) is 1.24. The van der Waals surface area contributed by atoms with E-state index in [0.29, 0.717) is 5.92 Å². The molecule has 0 N–H and O–H groups in total. The Morgan fingerprint density at radius 2 is 1.50 bits per heavy atom. The molecule has 16 heavy (non-hydrogen) atoms. The van der Waals surface area contributed by atoms with E-state index in [4.69, 9.17) is 0 Å². The fraction of sp³-hybridized carbons (Fsp3) is 0.625. The van der Waals surface area contributed by atoms with Crippen LogP contribution in [0.4, 0.5) is 0 Å². The molecular weight excluding hydrogens is 192 g/mol. The predicted molar refractivity (Wildman–Crippen MR) is 75.6 cm³/mol. The Labute approximate surface area is 102 Å². The molecule has 0 heteroatoms. The molecule has 0 bridgehead atoms. The number of allylic oxidation sites excluding steroid dienone is 3. The number of rotatable bonds is 8. The summed E-state index contributed by atoms with van der Waals surface area (Å²) in [6.07, 6.45) is 4.57. The first-order valence-corrected chi connectivity index (χ1v) is 6.32. The topological polar surface area (TPSA) is 0 Å². The summed E-state index contributed by atoms with van der Waals surface area (Å²) in [5.41, 5.74) is 3.85. The zero-order valence-corrected chi connectivity index (χ0v) is 11.6. The minimum Gasteiger partial charge on any atom is -0.100 e. The van der Waals surface area contributed by atoms with Gasteiger partial charge in [-0.3, -0.25) is 0 Å². The van der Waals surface area contributed by atoms with Crippen molar-refractivity contribution in [3.63, 3.8) is 0 Å². The average molecular weight is 220 g/mol. The van der Waals surface area contributed by atoms with Gasteiger partial charge in [-0.15, -0.1) is 6.58 Å². The molecule has 0 heterocycles. The van der Waals surface area contributed by atoms with Crippen LogP contribution < -0.4 is 0 Å². The van der Waals surface area contributed by atoms with E-state index in [1.807, 2.05) is 0 Å². The lowest BCUT2D eigenvalue weighted by Gasteiger charge is -2.20. The summed E-state index contributed by atoms with van der Waals surface area (Å²) >= 11 is 0. The van der Waals surface area contributed by atoms with Crippen molar-refractivity contribution in [2.24, 2.45) is 11.8 Å². The molecule has 1 unspecified atom stereocenters. The van der Waals surface area contributed by atoms with Gasteiger partial charge in [0.1, 0.15) is 0 Å².